The molecule has 1 atom stereocenters. The van der Waals surface area contributed by atoms with Crippen LogP contribution in [-0.2, 0) is 0 Å². The van der Waals surface area contributed by atoms with Crippen LogP contribution in [0.15, 0.2) is 10.5 Å². The second kappa shape index (κ2) is 5.12. The van der Waals surface area contributed by atoms with Crippen LogP contribution in [0, 0.1) is 0 Å². The average molecular weight is 304 g/mol. The van der Waals surface area contributed by atoms with Crippen LogP contribution in [0.1, 0.15) is 11.7 Å². The largest absolute Gasteiger partial charge is 0.495 e. The molecule has 17 heavy (non-hydrogen) atoms. The lowest BCUT2D eigenvalue weighted by Gasteiger charge is -2.17. The summed E-state index contributed by atoms with van der Waals surface area (Å²) in [6.07, 6.45) is -0.720. The van der Waals surface area contributed by atoms with Crippen molar-refractivity contribution in [1.82, 2.24) is 5.32 Å². The van der Waals surface area contributed by atoms with E-state index in [4.69, 9.17) is 14.2 Å². The minimum absolute atomic E-state index is 0.161. The Hall–Kier alpha value is -0.980. The molecule has 0 saturated heterocycles. The van der Waals surface area contributed by atoms with Crippen LogP contribution in [0.25, 0.3) is 0 Å². The van der Waals surface area contributed by atoms with E-state index in [-0.39, 0.29) is 6.79 Å². The van der Waals surface area contributed by atoms with Crippen LogP contribution in [0.4, 0.5) is 0 Å². The van der Waals surface area contributed by atoms with Crippen LogP contribution < -0.4 is 19.5 Å². The van der Waals surface area contributed by atoms with E-state index in [1.165, 1.54) is 0 Å². The zero-order valence-corrected chi connectivity index (χ0v) is 11.2. The van der Waals surface area contributed by atoms with Crippen molar-refractivity contribution in [3.63, 3.8) is 0 Å². The van der Waals surface area contributed by atoms with E-state index in [9.17, 15) is 5.11 Å². The number of rotatable bonds is 4. The fourth-order valence-corrected chi connectivity index (χ4v) is 2.41. The standard InChI is InChI=1S/C11H14BrNO4/c1-13-4-7(14)9-10(15-2)6(12)3-8-11(9)17-5-16-8/h3,7,13-14H,4-5H2,1-2H3. The van der Waals surface area contributed by atoms with Crippen LogP contribution in [0.5, 0.6) is 17.2 Å². The summed E-state index contributed by atoms with van der Waals surface area (Å²) in [6, 6.07) is 1.77. The summed E-state index contributed by atoms with van der Waals surface area (Å²) in [5.41, 5.74) is 0.601. The molecule has 1 aromatic rings. The number of likely N-dealkylation sites (N-methyl/N-ethyl adjacent to an activating group) is 1. The monoisotopic (exact) mass is 303 g/mol. The van der Waals surface area contributed by atoms with Gasteiger partial charge in [-0.15, -0.1) is 0 Å². The highest BCUT2D eigenvalue weighted by Crippen LogP contribution is 2.47. The second-order valence-electron chi connectivity index (χ2n) is 3.61. The highest BCUT2D eigenvalue weighted by molar-refractivity contribution is 9.10. The van der Waals surface area contributed by atoms with Crippen molar-refractivity contribution in [2.45, 2.75) is 6.10 Å². The Morgan fingerprint density at radius 2 is 2.35 bits per heavy atom. The van der Waals surface area contributed by atoms with E-state index in [2.05, 4.69) is 21.2 Å². The molecule has 1 unspecified atom stereocenters. The normalized spacial score (nSPS) is 14.8. The fourth-order valence-electron chi connectivity index (χ4n) is 1.82. The van der Waals surface area contributed by atoms with E-state index in [0.717, 1.165) is 4.47 Å². The van der Waals surface area contributed by atoms with E-state index in [1.807, 2.05) is 0 Å². The zero-order chi connectivity index (χ0) is 12.4. The highest BCUT2D eigenvalue weighted by atomic mass is 79.9. The van der Waals surface area contributed by atoms with Crippen molar-refractivity contribution in [2.75, 3.05) is 27.5 Å². The Morgan fingerprint density at radius 1 is 1.59 bits per heavy atom. The van der Waals surface area contributed by atoms with Gasteiger partial charge in [0.1, 0.15) is 5.75 Å². The van der Waals surface area contributed by atoms with Gasteiger partial charge in [0.2, 0.25) is 6.79 Å². The molecular formula is C11H14BrNO4. The summed E-state index contributed by atoms with van der Waals surface area (Å²) in [4.78, 5) is 0. The van der Waals surface area contributed by atoms with E-state index >= 15 is 0 Å². The predicted octanol–water partition coefficient (Wildman–Crippen LogP) is 1.44. The van der Waals surface area contributed by atoms with Gasteiger partial charge in [0.25, 0.3) is 0 Å². The fraction of sp³-hybridized carbons (Fsp3) is 0.455. The molecule has 2 N–H and O–H groups in total. The Balaban J connectivity index is 2.53. The van der Waals surface area contributed by atoms with Gasteiger partial charge in [-0.2, -0.15) is 0 Å². The summed E-state index contributed by atoms with van der Waals surface area (Å²) in [7, 11) is 3.32. The number of fused-ring (bicyclic) bond motifs is 1. The minimum atomic E-state index is -0.720. The molecule has 0 fully saturated rings. The zero-order valence-electron chi connectivity index (χ0n) is 9.62. The number of nitrogens with one attached hydrogen (secondary N) is 1. The Bertz CT molecular complexity index is 421. The molecule has 2 rings (SSSR count). The van der Waals surface area contributed by atoms with Gasteiger partial charge in [0.05, 0.1) is 23.2 Å². The molecule has 0 saturated carbocycles. The molecule has 0 radical (unpaired) electrons. The third kappa shape index (κ3) is 2.20. The minimum Gasteiger partial charge on any atom is -0.495 e. The van der Waals surface area contributed by atoms with Crippen molar-refractivity contribution in [3.05, 3.63) is 16.1 Å². The van der Waals surface area contributed by atoms with Gasteiger partial charge >= 0.3 is 0 Å². The number of methoxy groups -OCH3 is 1. The molecule has 1 heterocycles. The van der Waals surface area contributed by atoms with Crippen LogP contribution in [0.3, 0.4) is 0 Å². The summed E-state index contributed by atoms with van der Waals surface area (Å²) in [5.74, 6) is 1.73. The van der Waals surface area contributed by atoms with Crippen molar-refractivity contribution in [1.29, 1.82) is 0 Å². The number of aliphatic hydroxyl groups excluding tert-OH is 1. The molecule has 0 spiro atoms. The first kappa shape index (κ1) is 12.5. The molecule has 5 nitrogen and oxygen atoms in total. The van der Waals surface area contributed by atoms with Crippen LogP contribution >= 0.6 is 15.9 Å². The summed E-state index contributed by atoms with van der Waals surface area (Å²) in [5, 5.41) is 13.0. The maximum Gasteiger partial charge on any atom is 0.231 e. The van der Waals surface area contributed by atoms with Gasteiger partial charge < -0.3 is 24.6 Å². The number of benzene rings is 1. The van der Waals surface area contributed by atoms with Crippen molar-refractivity contribution in [3.8, 4) is 17.2 Å². The highest BCUT2D eigenvalue weighted by Gasteiger charge is 2.28. The molecule has 1 aliphatic rings. The van der Waals surface area contributed by atoms with Gasteiger partial charge in [-0.1, -0.05) is 0 Å². The quantitative estimate of drug-likeness (QED) is 0.881. The number of aliphatic hydroxyl groups is 1. The summed E-state index contributed by atoms with van der Waals surface area (Å²) in [6.45, 7) is 0.566. The van der Waals surface area contributed by atoms with Gasteiger partial charge in [-0.25, -0.2) is 0 Å². The number of halogens is 1. The maximum atomic E-state index is 10.1. The molecule has 0 bridgehead atoms. The Labute approximate surface area is 108 Å². The third-order valence-corrected chi connectivity index (χ3v) is 3.13. The van der Waals surface area contributed by atoms with E-state index in [0.29, 0.717) is 29.4 Å². The second-order valence-corrected chi connectivity index (χ2v) is 4.47. The van der Waals surface area contributed by atoms with Gasteiger partial charge in [-0.3, -0.25) is 0 Å². The predicted molar refractivity (Wildman–Crippen MR) is 65.7 cm³/mol. The van der Waals surface area contributed by atoms with Gasteiger partial charge in [-0.05, 0) is 23.0 Å². The average Bonchev–Trinajstić information content (AvgIpc) is 2.74. The number of ether oxygens (including phenoxy) is 3. The molecular weight excluding hydrogens is 290 g/mol. The Morgan fingerprint density at radius 3 is 3.00 bits per heavy atom. The topological polar surface area (TPSA) is 60.0 Å². The molecule has 1 aromatic carbocycles. The molecule has 6 heteroatoms. The van der Waals surface area contributed by atoms with E-state index < -0.39 is 6.10 Å². The molecule has 0 aromatic heterocycles. The number of hydrogen-bond acceptors (Lipinski definition) is 5. The molecule has 0 aliphatic carbocycles. The molecule has 0 amide bonds. The molecule has 94 valence electrons. The van der Waals surface area contributed by atoms with Crippen LogP contribution in [-0.4, -0.2) is 32.6 Å². The van der Waals surface area contributed by atoms with Gasteiger partial charge in [0, 0.05) is 12.6 Å². The lowest BCUT2D eigenvalue weighted by molar-refractivity contribution is 0.154. The first-order valence-corrected chi connectivity index (χ1v) is 5.97. The Kier molecular flexibility index (Phi) is 3.76. The lowest BCUT2D eigenvalue weighted by atomic mass is 10.1. The van der Waals surface area contributed by atoms with E-state index in [1.54, 1.807) is 20.2 Å². The number of hydrogen-bond donors (Lipinski definition) is 2. The molecule has 1 aliphatic heterocycles. The van der Waals surface area contributed by atoms with Crippen molar-refractivity contribution in [2.24, 2.45) is 0 Å². The smallest absolute Gasteiger partial charge is 0.231 e. The first-order valence-electron chi connectivity index (χ1n) is 5.17. The van der Waals surface area contributed by atoms with Crippen molar-refractivity contribution >= 4 is 15.9 Å². The summed E-state index contributed by atoms with van der Waals surface area (Å²) >= 11 is 3.39. The SMILES string of the molecule is CNCC(O)c1c(OC)c(Br)cc2c1OCO2. The summed E-state index contributed by atoms with van der Waals surface area (Å²) < 4.78 is 16.7. The van der Waals surface area contributed by atoms with Crippen LogP contribution in [0.2, 0.25) is 0 Å². The van der Waals surface area contributed by atoms with Crippen molar-refractivity contribution < 1.29 is 19.3 Å². The lowest BCUT2D eigenvalue weighted by Crippen LogP contribution is -2.18. The first-order chi connectivity index (χ1) is 8.19. The van der Waals surface area contributed by atoms with Gasteiger partial charge in [0.15, 0.2) is 11.5 Å². The maximum absolute atomic E-state index is 10.1. The third-order valence-electron chi connectivity index (χ3n) is 2.54.